The van der Waals surface area contributed by atoms with Gasteiger partial charge in [0.25, 0.3) is 0 Å². The van der Waals surface area contributed by atoms with Crippen molar-refractivity contribution in [3.63, 3.8) is 0 Å². The Hall–Kier alpha value is -2.05. The summed E-state index contributed by atoms with van der Waals surface area (Å²) in [6.45, 7) is 3.29. The molecule has 138 valence electrons. The molecule has 0 bridgehead atoms. The second-order valence-corrected chi connectivity index (χ2v) is 7.76. The fourth-order valence-electron chi connectivity index (χ4n) is 4.40. The Balaban J connectivity index is 1.48. The molecule has 0 aromatic carbocycles. The number of carbonyl (C=O) groups is 1. The van der Waals surface area contributed by atoms with E-state index in [1.54, 1.807) is 20.0 Å². The number of hydrogen-bond acceptors (Lipinski definition) is 6. The number of pyridine rings is 2. The second-order valence-electron chi connectivity index (χ2n) is 7.76. The number of nitrogens with zero attached hydrogens (tertiary/aromatic N) is 2. The summed E-state index contributed by atoms with van der Waals surface area (Å²) in [5.41, 5.74) is 2.23. The van der Waals surface area contributed by atoms with Gasteiger partial charge < -0.3 is 14.6 Å². The van der Waals surface area contributed by atoms with Crippen molar-refractivity contribution in [3.05, 3.63) is 36.3 Å². The first-order chi connectivity index (χ1) is 12.4. The standard InChI is InChI=1S/C20H24N2O4/c1-20(2)25-18(23)17(19(24)26-20)13-5-3-12(4-6-13)14-7-10-22-16-8-9-21-11-15(14)16/h7-13,17-18,23H,3-6H2,1-2H3. The van der Waals surface area contributed by atoms with E-state index in [0.717, 1.165) is 36.6 Å². The smallest absolute Gasteiger partial charge is 0.316 e. The summed E-state index contributed by atoms with van der Waals surface area (Å²) < 4.78 is 10.8. The molecule has 1 aliphatic carbocycles. The summed E-state index contributed by atoms with van der Waals surface area (Å²) in [5.74, 6) is -1.52. The van der Waals surface area contributed by atoms with E-state index < -0.39 is 18.0 Å². The summed E-state index contributed by atoms with van der Waals surface area (Å²) in [4.78, 5) is 21.0. The van der Waals surface area contributed by atoms with Gasteiger partial charge in [-0.1, -0.05) is 0 Å². The van der Waals surface area contributed by atoms with Gasteiger partial charge in [0.1, 0.15) is 5.92 Å². The van der Waals surface area contributed by atoms with Gasteiger partial charge >= 0.3 is 5.97 Å². The fourth-order valence-corrected chi connectivity index (χ4v) is 4.40. The maximum Gasteiger partial charge on any atom is 0.316 e. The Kier molecular flexibility index (Phi) is 4.40. The molecule has 0 spiro atoms. The Morgan fingerprint density at radius 3 is 2.65 bits per heavy atom. The summed E-state index contributed by atoms with van der Waals surface area (Å²) >= 11 is 0. The number of aliphatic hydroxyl groups excluding tert-OH is 1. The molecule has 1 aliphatic heterocycles. The first-order valence-electron chi connectivity index (χ1n) is 9.22. The lowest BCUT2D eigenvalue weighted by Gasteiger charge is -2.42. The second kappa shape index (κ2) is 6.59. The Morgan fingerprint density at radius 2 is 1.92 bits per heavy atom. The minimum Gasteiger partial charge on any atom is -0.433 e. The molecule has 0 amide bonds. The summed E-state index contributed by atoms with van der Waals surface area (Å²) in [5, 5.41) is 11.4. The molecule has 0 radical (unpaired) electrons. The molecule has 2 atom stereocenters. The average Bonchev–Trinajstić information content (AvgIpc) is 2.60. The van der Waals surface area contributed by atoms with E-state index in [-0.39, 0.29) is 11.9 Å². The zero-order valence-electron chi connectivity index (χ0n) is 15.1. The van der Waals surface area contributed by atoms with Gasteiger partial charge in [0.2, 0.25) is 5.79 Å². The first kappa shape index (κ1) is 17.4. The number of ether oxygens (including phenoxy) is 2. The van der Waals surface area contributed by atoms with Crippen LogP contribution in [0, 0.1) is 11.8 Å². The van der Waals surface area contributed by atoms with Gasteiger partial charge in [-0.2, -0.15) is 0 Å². The maximum absolute atomic E-state index is 12.4. The van der Waals surface area contributed by atoms with E-state index in [0.29, 0.717) is 5.92 Å². The molecule has 2 aliphatic rings. The number of rotatable bonds is 2. The van der Waals surface area contributed by atoms with Crippen molar-refractivity contribution in [2.45, 2.75) is 57.5 Å². The van der Waals surface area contributed by atoms with Crippen molar-refractivity contribution >= 4 is 16.9 Å². The highest BCUT2D eigenvalue weighted by molar-refractivity contribution is 5.81. The highest BCUT2D eigenvalue weighted by Gasteiger charge is 2.47. The van der Waals surface area contributed by atoms with Crippen molar-refractivity contribution in [2.24, 2.45) is 11.8 Å². The van der Waals surface area contributed by atoms with E-state index in [1.165, 1.54) is 5.56 Å². The topological polar surface area (TPSA) is 81.5 Å². The molecule has 1 saturated carbocycles. The first-order valence-corrected chi connectivity index (χ1v) is 9.22. The van der Waals surface area contributed by atoms with Crippen molar-refractivity contribution in [1.82, 2.24) is 9.97 Å². The van der Waals surface area contributed by atoms with E-state index in [2.05, 4.69) is 16.0 Å². The van der Waals surface area contributed by atoms with Crippen LogP contribution in [0.2, 0.25) is 0 Å². The Bertz CT molecular complexity index is 809. The van der Waals surface area contributed by atoms with Gasteiger partial charge in [-0.15, -0.1) is 0 Å². The largest absolute Gasteiger partial charge is 0.433 e. The average molecular weight is 356 g/mol. The molecule has 3 heterocycles. The third kappa shape index (κ3) is 3.19. The molecule has 2 unspecified atom stereocenters. The van der Waals surface area contributed by atoms with E-state index in [4.69, 9.17) is 9.47 Å². The van der Waals surface area contributed by atoms with Crippen LogP contribution in [0.4, 0.5) is 0 Å². The quantitative estimate of drug-likeness (QED) is 0.833. The molecule has 2 aromatic rings. The number of aromatic nitrogens is 2. The van der Waals surface area contributed by atoms with Gasteiger partial charge in [0.15, 0.2) is 6.29 Å². The number of aliphatic hydroxyl groups is 1. The molecule has 4 rings (SSSR count). The Morgan fingerprint density at radius 1 is 1.15 bits per heavy atom. The van der Waals surface area contributed by atoms with E-state index in [9.17, 15) is 9.90 Å². The number of cyclic esters (lactones) is 1. The third-order valence-corrected chi connectivity index (χ3v) is 5.63. The fraction of sp³-hybridized carbons (Fsp3) is 0.550. The number of esters is 1. The highest BCUT2D eigenvalue weighted by atomic mass is 16.8. The van der Waals surface area contributed by atoms with E-state index in [1.807, 2.05) is 18.5 Å². The lowest BCUT2D eigenvalue weighted by molar-refractivity contribution is -0.320. The van der Waals surface area contributed by atoms with Crippen LogP contribution in [0.15, 0.2) is 30.7 Å². The zero-order chi connectivity index (χ0) is 18.3. The highest BCUT2D eigenvalue weighted by Crippen LogP contribution is 2.43. The molecule has 2 aromatic heterocycles. The van der Waals surface area contributed by atoms with Gasteiger partial charge in [0.05, 0.1) is 5.52 Å². The van der Waals surface area contributed by atoms with Crippen LogP contribution in [-0.4, -0.2) is 33.1 Å². The minimum atomic E-state index is -1.10. The third-order valence-electron chi connectivity index (χ3n) is 5.63. The monoisotopic (exact) mass is 356 g/mol. The number of fused-ring (bicyclic) bond motifs is 1. The van der Waals surface area contributed by atoms with Crippen molar-refractivity contribution in [3.8, 4) is 0 Å². The molecule has 1 saturated heterocycles. The van der Waals surface area contributed by atoms with Crippen LogP contribution >= 0.6 is 0 Å². The summed E-state index contributed by atoms with van der Waals surface area (Å²) in [6.07, 6.45) is 8.01. The predicted octanol–water partition coefficient (Wildman–Crippen LogP) is 3.15. The number of carbonyl (C=O) groups excluding carboxylic acids is 1. The van der Waals surface area contributed by atoms with Crippen LogP contribution in [0.3, 0.4) is 0 Å². The normalized spacial score (nSPS) is 31.6. The zero-order valence-corrected chi connectivity index (χ0v) is 15.1. The summed E-state index contributed by atoms with van der Waals surface area (Å²) in [6, 6.07) is 4.00. The van der Waals surface area contributed by atoms with Crippen molar-refractivity contribution < 1.29 is 19.4 Å². The minimum absolute atomic E-state index is 0.0797. The van der Waals surface area contributed by atoms with Crippen LogP contribution in [0.25, 0.3) is 10.9 Å². The summed E-state index contributed by atoms with van der Waals surface area (Å²) in [7, 11) is 0. The lowest BCUT2D eigenvalue weighted by Crippen LogP contribution is -2.51. The number of hydrogen-bond donors (Lipinski definition) is 1. The van der Waals surface area contributed by atoms with E-state index >= 15 is 0 Å². The maximum atomic E-state index is 12.4. The van der Waals surface area contributed by atoms with Gasteiger partial charge in [-0.25, -0.2) is 0 Å². The predicted molar refractivity (Wildman–Crippen MR) is 95.0 cm³/mol. The molecular formula is C20H24N2O4. The molecule has 2 fully saturated rings. The van der Waals surface area contributed by atoms with Crippen molar-refractivity contribution in [1.29, 1.82) is 0 Å². The van der Waals surface area contributed by atoms with Crippen LogP contribution < -0.4 is 0 Å². The van der Waals surface area contributed by atoms with Gasteiger partial charge in [-0.3, -0.25) is 14.8 Å². The van der Waals surface area contributed by atoms with Crippen molar-refractivity contribution in [2.75, 3.05) is 0 Å². The van der Waals surface area contributed by atoms with Crippen LogP contribution in [0.1, 0.15) is 51.0 Å². The van der Waals surface area contributed by atoms with Gasteiger partial charge in [0, 0.05) is 37.8 Å². The molecule has 6 nitrogen and oxygen atoms in total. The molecular weight excluding hydrogens is 332 g/mol. The molecule has 26 heavy (non-hydrogen) atoms. The van der Waals surface area contributed by atoms with Gasteiger partial charge in [-0.05, 0) is 55.2 Å². The SMILES string of the molecule is CC1(C)OC(=O)C(C2CCC(c3ccnc4ccncc34)CC2)C(O)O1. The Labute approximate surface area is 152 Å². The van der Waals surface area contributed by atoms with Crippen LogP contribution in [0.5, 0.6) is 0 Å². The molecule has 6 heteroatoms. The lowest BCUT2D eigenvalue weighted by atomic mass is 9.73. The molecule has 1 N–H and O–H groups in total. The van der Waals surface area contributed by atoms with Crippen LogP contribution in [-0.2, 0) is 14.3 Å².